The number of hydrogen-bond donors (Lipinski definition) is 8. The standard InChI is InChI=1S/C12H23NO9/c14-1-5-8(17)9(18)7(13-5)6(16)2-21-11-10(19)12(20,3-15)4-22-11/h5-11,13-20H,1-4H2/t5-,6-,7-,8-,9-,10-,11+,12+/m1/s1. The van der Waals surface area contributed by atoms with E-state index in [0.717, 1.165) is 0 Å². The number of ether oxygens (including phenoxy) is 2. The van der Waals surface area contributed by atoms with Crippen molar-refractivity contribution in [1.29, 1.82) is 0 Å². The zero-order chi connectivity index (χ0) is 16.5. The molecule has 0 aromatic rings. The molecule has 0 saturated carbocycles. The van der Waals surface area contributed by atoms with Gasteiger partial charge in [0.05, 0.1) is 56.8 Å². The van der Waals surface area contributed by atoms with E-state index in [1.54, 1.807) is 0 Å². The van der Waals surface area contributed by atoms with Crippen molar-refractivity contribution in [3.8, 4) is 0 Å². The number of aliphatic hydroxyl groups excluding tert-OH is 6. The van der Waals surface area contributed by atoms with Gasteiger partial charge in [-0.05, 0) is 0 Å². The lowest BCUT2D eigenvalue weighted by Crippen LogP contribution is -2.49. The lowest BCUT2D eigenvalue weighted by molar-refractivity contribution is -0.177. The predicted molar refractivity (Wildman–Crippen MR) is 69.6 cm³/mol. The van der Waals surface area contributed by atoms with Crippen molar-refractivity contribution >= 4 is 0 Å². The van der Waals surface area contributed by atoms with Crippen LogP contribution in [0.4, 0.5) is 0 Å². The molecule has 10 nitrogen and oxygen atoms in total. The Balaban J connectivity index is 1.85. The fraction of sp³-hybridized carbons (Fsp3) is 1.00. The molecule has 2 fully saturated rings. The zero-order valence-electron chi connectivity index (χ0n) is 11.8. The molecule has 0 aromatic heterocycles. The van der Waals surface area contributed by atoms with Crippen LogP contribution in [0.3, 0.4) is 0 Å². The predicted octanol–water partition coefficient (Wildman–Crippen LogP) is -5.14. The summed E-state index contributed by atoms with van der Waals surface area (Å²) in [7, 11) is 0. The maximum absolute atomic E-state index is 10.00. The fourth-order valence-electron chi connectivity index (χ4n) is 2.63. The highest BCUT2D eigenvalue weighted by atomic mass is 16.7. The van der Waals surface area contributed by atoms with Crippen molar-refractivity contribution in [2.24, 2.45) is 0 Å². The quantitative estimate of drug-likeness (QED) is 0.236. The molecule has 0 bridgehead atoms. The van der Waals surface area contributed by atoms with Gasteiger partial charge < -0.3 is 50.5 Å². The molecule has 0 radical (unpaired) electrons. The van der Waals surface area contributed by atoms with Gasteiger partial charge in [0.1, 0.15) is 11.7 Å². The van der Waals surface area contributed by atoms with Crippen molar-refractivity contribution in [2.75, 3.05) is 26.4 Å². The van der Waals surface area contributed by atoms with Crippen LogP contribution in [0.15, 0.2) is 0 Å². The minimum absolute atomic E-state index is 0.318. The van der Waals surface area contributed by atoms with Gasteiger partial charge in [0.2, 0.25) is 0 Å². The van der Waals surface area contributed by atoms with Gasteiger partial charge in [-0.25, -0.2) is 0 Å². The van der Waals surface area contributed by atoms with E-state index in [2.05, 4.69) is 5.32 Å². The van der Waals surface area contributed by atoms with Gasteiger partial charge in [-0.15, -0.1) is 0 Å². The van der Waals surface area contributed by atoms with Crippen LogP contribution in [0, 0.1) is 0 Å². The normalized spacial score (nSPS) is 47.0. The Morgan fingerprint density at radius 3 is 2.41 bits per heavy atom. The molecule has 2 saturated heterocycles. The SMILES string of the molecule is OC[C@H]1N[C@H]([C@H](O)CO[C@H]2OC[C@@](O)(CO)[C@@H]2O)[C@@H](O)[C@@H]1O. The maximum Gasteiger partial charge on any atom is 0.186 e. The first-order valence-electron chi connectivity index (χ1n) is 6.99. The summed E-state index contributed by atoms with van der Waals surface area (Å²) in [6.07, 6.45) is -6.48. The highest BCUT2D eigenvalue weighted by Crippen LogP contribution is 2.26. The molecule has 8 atom stereocenters. The molecule has 0 unspecified atom stereocenters. The van der Waals surface area contributed by atoms with Gasteiger partial charge >= 0.3 is 0 Å². The molecular formula is C12H23NO9. The molecule has 0 aromatic carbocycles. The molecule has 2 heterocycles. The summed E-state index contributed by atoms with van der Waals surface area (Å²) in [6.45, 7) is -1.79. The van der Waals surface area contributed by atoms with Crippen LogP contribution in [0.5, 0.6) is 0 Å². The number of nitrogens with one attached hydrogen (secondary N) is 1. The van der Waals surface area contributed by atoms with E-state index in [1.807, 2.05) is 0 Å². The average molecular weight is 325 g/mol. The molecule has 0 amide bonds. The first-order valence-corrected chi connectivity index (χ1v) is 6.99. The fourth-order valence-corrected chi connectivity index (χ4v) is 2.63. The Labute approximate surface area is 126 Å². The molecule has 10 heteroatoms. The maximum atomic E-state index is 10.00. The second-order valence-corrected chi connectivity index (χ2v) is 5.75. The second kappa shape index (κ2) is 7.01. The largest absolute Gasteiger partial charge is 0.395 e. The van der Waals surface area contributed by atoms with E-state index in [1.165, 1.54) is 0 Å². The number of hydrogen-bond acceptors (Lipinski definition) is 10. The third kappa shape index (κ3) is 3.26. The van der Waals surface area contributed by atoms with E-state index >= 15 is 0 Å². The van der Waals surface area contributed by atoms with Crippen molar-refractivity contribution in [1.82, 2.24) is 5.32 Å². The highest BCUT2D eigenvalue weighted by Gasteiger charge is 2.49. The van der Waals surface area contributed by atoms with E-state index in [9.17, 15) is 25.5 Å². The molecule has 0 spiro atoms. The first-order chi connectivity index (χ1) is 10.3. The smallest absolute Gasteiger partial charge is 0.186 e. The monoisotopic (exact) mass is 325 g/mol. The van der Waals surface area contributed by atoms with Crippen molar-refractivity contribution in [3.05, 3.63) is 0 Å². The topological polar surface area (TPSA) is 172 Å². The molecule has 130 valence electrons. The van der Waals surface area contributed by atoms with Gasteiger partial charge in [0.15, 0.2) is 6.29 Å². The molecule has 0 aliphatic carbocycles. The average Bonchev–Trinajstić information content (AvgIpc) is 2.96. The first kappa shape index (κ1) is 17.9. The summed E-state index contributed by atoms with van der Waals surface area (Å²) in [4.78, 5) is 0. The molecule has 2 rings (SSSR count). The number of rotatable bonds is 6. The third-order valence-electron chi connectivity index (χ3n) is 4.16. The molecule has 22 heavy (non-hydrogen) atoms. The Hall–Kier alpha value is -0.400. The van der Waals surface area contributed by atoms with Crippen molar-refractivity contribution < 1.29 is 45.2 Å². The van der Waals surface area contributed by atoms with Crippen LogP contribution in [-0.4, -0.2) is 111 Å². The third-order valence-corrected chi connectivity index (χ3v) is 4.16. The van der Waals surface area contributed by atoms with Crippen LogP contribution in [0.2, 0.25) is 0 Å². The molecular weight excluding hydrogens is 302 g/mol. The lowest BCUT2D eigenvalue weighted by atomic mass is 10.0. The Morgan fingerprint density at radius 1 is 1.23 bits per heavy atom. The molecule has 2 aliphatic rings. The Morgan fingerprint density at radius 2 is 1.91 bits per heavy atom. The van der Waals surface area contributed by atoms with Gasteiger partial charge in [0, 0.05) is 0 Å². The molecule has 8 N–H and O–H groups in total. The summed E-state index contributed by atoms with van der Waals surface area (Å²) in [6, 6.07) is -1.69. The van der Waals surface area contributed by atoms with Crippen molar-refractivity contribution in [3.63, 3.8) is 0 Å². The van der Waals surface area contributed by atoms with Crippen molar-refractivity contribution in [2.45, 2.75) is 48.4 Å². The van der Waals surface area contributed by atoms with Crippen LogP contribution >= 0.6 is 0 Å². The molecule has 2 aliphatic heterocycles. The van der Waals surface area contributed by atoms with Gasteiger partial charge in [-0.3, -0.25) is 0 Å². The summed E-state index contributed by atoms with van der Waals surface area (Å²) >= 11 is 0. The Bertz CT molecular complexity index is 373. The number of aliphatic hydroxyl groups is 7. The van der Waals surface area contributed by atoms with Crippen LogP contribution in [0.25, 0.3) is 0 Å². The summed E-state index contributed by atoms with van der Waals surface area (Å²) < 4.78 is 10.2. The van der Waals surface area contributed by atoms with Gasteiger partial charge in [0.25, 0.3) is 0 Å². The lowest BCUT2D eigenvalue weighted by Gasteiger charge is -2.26. The van der Waals surface area contributed by atoms with E-state index in [4.69, 9.17) is 19.7 Å². The van der Waals surface area contributed by atoms with Crippen LogP contribution in [0.1, 0.15) is 0 Å². The van der Waals surface area contributed by atoms with E-state index < -0.39 is 61.6 Å². The second-order valence-electron chi connectivity index (χ2n) is 5.75. The summed E-state index contributed by atoms with van der Waals surface area (Å²) in [5, 5.41) is 69.7. The van der Waals surface area contributed by atoms with E-state index in [-0.39, 0.29) is 13.2 Å². The minimum atomic E-state index is -1.82. The van der Waals surface area contributed by atoms with Crippen LogP contribution < -0.4 is 5.32 Å². The van der Waals surface area contributed by atoms with E-state index in [0.29, 0.717) is 0 Å². The zero-order valence-corrected chi connectivity index (χ0v) is 11.8. The van der Waals surface area contributed by atoms with Crippen LogP contribution in [-0.2, 0) is 9.47 Å². The highest BCUT2D eigenvalue weighted by molar-refractivity contribution is 5.01. The minimum Gasteiger partial charge on any atom is -0.395 e. The summed E-state index contributed by atoms with van der Waals surface area (Å²) in [5.41, 5.74) is -1.82. The van der Waals surface area contributed by atoms with Gasteiger partial charge in [-0.1, -0.05) is 0 Å². The van der Waals surface area contributed by atoms with Gasteiger partial charge in [-0.2, -0.15) is 0 Å². The summed E-state index contributed by atoms with van der Waals surface area (Å²) in [5.74, 6) is 0. The Kier molecular flexibility index (Phi) is 5.72.